The monoisotopic (exact) mass is 278 g/mol. The molecule has 0 bridgehead atoms. The van der Waals surface area contributed by atoms with Gasteiger partial charge >= 0.3 is 0 Å². The Morgan fingerprint density at radius 1 is 1.40 bits per heavy atom. The van der Waals surface area contributed by atoms with E-state index in [2.05, 4.69) is 20.2 Å². The van der Waals surface area contributed by atoms with E-state index in [4.69, 9.17) is 4.74 Å². The topological polar surface area (TPSA) is 70.2 Å². The maximum atomic E-state index is 11.8. The van der Waals surface area contributed by atoms with Crippen molar-refractivity contribution in [3.63, 3.8) is 0 Å². The third-order valence-electron chi connectivity index (χ3n) is 4.42. The van der Waals surface area contributed by atoms with E-state index in [0.717, 1.165) is 26.1 Å². The zero-order valence-electron chi connectivity index (χ0n) is 11.9. The summed E-state index contributed by atoms with van der Waals surface area (Å²) < 4.78 is 5.23. The SMILES string of the molecule is COc1c(N2CCCC(C3CCCN3)C2)nc[nH]c1=O. The third kappa shape index (κ3) is 2.52. The summed E-state index contributed by atoms with van der Waals surface area (Å²) in [6, 6.07) is 0.616. The Hall–Kier alpha value is -1.56. The van der Waals surface area contributed by atoms with Crippen LogP contribution in [0.4, 0.5) is 5.82 Å². The second-order valence-electron chi connectivity index (χ2n) is 5.64. The van der Waals surface area contributed by atoms with Gasteiger partial charge in [-0.25, -0.2) is 4.98 Å². The molecule has 0 saturated carbocycles. The van der Waals surface area contributed by atoms with Gasteiger partial charge in [0, 0.05) is 19.1 Å². The number of rotatable bonds is 3. The highest BCUT2D eigenvalue weighted by Gasteiger charge is 2.30. The fourth-order valence-corrected chi connectivity index (χ4v) is 3.43. The molecule has 1 aromatic rings. The summed E-state index contributed by atoms with van der Waals surface area (Å²) in [6.45, 7) is 3.02. The summed E-state index contributed by atoms with van der Waals surface area (Å²) in [4.78, 5) is 20.9. The molecule has 1 aromatic heterocycles. The molecule has 2 saturated heterocycles. The van der Waals surface area contributed by atoms with Crippen molar-refractivity contribution in [2.45, 2.75) is 31.7 Å². The van der Waals surface area contributed by atoms with Crippen LogP contribution in [0.2, 0.25) is 0 Å². The Morgan fingerprint density at radius 3 is 3.05 bits per heavy atom. The minimum atomic E-state index is -0.210. The van der Waals surface area contributed by atoms with Crippen molar-refractivity contribution in [1.29, 1.82) is 0 Å². The van der Waals surface area contributed by atoms with Gasteiger partial charge in [-0.3, -0.25) is 4.79 Å². The lowest BCUT2D eigenvalue weighted by atomic mass is 9.90. The number of nitrogens with zero attached hydrogens (tertiary/aromatic N) is 2. The maximum Gasteiger partial charge on any atom is 0.295 e. The van der Waals surface area contributed by atoms with Crippen molar-refractivity contribution in [2.75, 3.05) is 31.6 Å². The van der Waals surface area contributed by atoms with E-state index in [1.807, 2.05) is 0 Å². The van der Waals surface area contributed by atoms with Gasteiger partial charge in [-0.05, 0) is 38.1 Å². The van der Waals surface area contributed by atoms with Crippen molar-refractivity contribution in [2.24, 2.45) is 5.92 Å². The van der Waals surface area contributed by atoms with Gasteiger partial charge in [0.15, 0.2) is 5.82 Å². The third-order valence-corrected chi connectivity index (χ3v) is 4.42. The van der Waals surface area contributed by atoms with Gasteiger partial charge in [-0.1, -0.05) is 0 Å². The van der Waals surface area contributed by atoms with E-state index in [0.29, 0.717) is 23.5 Å². The van der Waals surface area contributed by atoms with Crippen LogP contribution in [0.25, 0.3) is 0 Å². The predicted molar refractivity (Wildman–Crippen MR) is 77.4 cm³/mol. The molecule has 2 atom stereocenters. The van der Waals surface area contributed by atoms with Crippen molar-refractivity contribution in [1.82, 2.24) is 15.3 Å². The number of hydrogen-bond donors (Lipinski definition) is 2. The summed E-state index contributed by atoms with van der Waals surface area (Å²) in [7, 11) is 1.52. The lowest BCUT2D eigenvalue weighted by Crippen LogP contribution is -2.44. The zero-order chi connectivity index (χ0) is 13.9. The summed E-state index contributed by atoms with van der Waals surface area (Å²) >= 11 is 0. The molecule has 2 fully saturated rings. The molecule has 0 radical (unpaired) electrons. The highest BCUT2D eigenvalue weighted by atomic mass is 16.5. The standard InChI is InChI=1S/C14H22N4O2/c1-20-12-13(16-9-17-14(12)19)18-7-3-4-10(8-18)11-5-2-6-15-11/h9-11,15H,2-8H2,1H3,(H,16,17,19). The number of aromatic amines is 1. The Balaban J connectivity index is 1.79. The molecule has 3 rings (SSSR count). The number of H-pyrrole nitrogens is 1. The number of ether oxygens (including phenoxy) is 1. The quantitative estimate of drug-likeness (QED) is 0.853. The fraction of sp³-hybridized carbons (Fsp3) is 0.714. The molecule has 20 heavy (non-hydrogen) atoms. The lowest BCUT2D eigenvalue weighted by Gasteiger charge is -2.36. The molecular weight excluding hydrogens is 256 g/mol. The van der Waals surface area contributed by atoms with Crippen molar-refractivity contribution >= 4 is 5.82 Å². The largest absolute Gasteiger partial charge is 0.489 e. The molecule has 2 aliphatic rings. The summed E-state index contributed by atoms with van der Waals surface area (Å²) in [5.41, 5.74) is -0.210. The van der Waals surface area contributed by atoms with Gasteiger partial charge in [-0.15, -0.1) is 0 Å². The first-order valence-electron chi connectivity index (χ1n) is 7.39. The molecule has 6 heteroatoms. The molecule has 6 nitrogen and oxygen atoms in total. The van der Waals surface area contributed by atoms with Crippen molar-refractivity contribution in [3.8, 4) is 5.75 Å². The van der Waals surface area contributed by atoms with Gasteiger partial charge in [0.1, 0.15) is 0 Å². The van der Waals surface area contributed by atoms with Gasteiger partial charge in [0.05, 0.1) is 13.4 Å². The number of anilines is 1. The molecular formula is C14H22N4O2. The van der Waals surface area contributed by atoms with Crippen LogP contribution in [-0.4, -0.2) is 42.8 Å². The van der Waals surface area contributed by atoms with E-state index in [-0.39, 0.29) is 5.56 Å². The van der Waals surface area contributed by atoms with E-state index in [1.54, 1.807) is 0 Å². The molecule has 0 spiro atoms. The molecule has 2 unspecified atom stereocenters. The van der Waals surface area contributed by atoms with Crippen LogP contribution in [0.3, 0.4) is 0 Å². The Kier molecular flexibility index (Phi) is 3.91. The lowest BCUT2D eigenvalue weighted by molar-refractivity contribution is 0.324. The van der Waals surface area contributed by atoms with Crippen molar-refractivity contribution < 1.29 is 4.74 Å². The summed E-state index contributed by atoms with van der Waals surface area (Å²) in [5, 5.41) is 3.59. The fourth-order valence-electron chi connectivity index (χ4n) is 3.43. The molecule has 2 N–H and O–H groups in total. The maximum absolute atomic E-state index is 11.8. The van der Waals surface area contributed by atoms with Crippen LogP contribution in [0, 0.1) is 5.92 Å². The van der Waals surface area contributed by atoms with Crippen LogP contribution >= 0.6 is 0 Å². The highest BCUT2D eigenvalue weighted by molar-refractivity contribution is 5.51. The normalized spacial score (nSPS) is 26.8. The number of nitrogens with one attached hydrogen (secondary N) is 2. The first-order valence-corrected chi connectivity index (χ1v) is 7.39. The molecule has 3 heterocycles. The molecule has 0 aromatic carbocycles. The predicted octanol–water partition coefficient (Wildman–Crippen LogP) is 0.747. The average Bonchev–Trinajstić information content (AvgIpc) is 3.01. The van der Waals surface area contributed by atoms with Crippen LogP contribution in [0.1, 0.15) is 25.7 Å². The number of piperidine rings is 1. The summed E-state index contributed by atoms with van der Waals surface area (Å²) in [5.74, 6) is 1.64. The van der Waals surface area contributed by atoms with Crippen LogP contribution in [-0.2, 0) is 0 Å². The minimum Gasteiger partial charge on any atom is -0.489 e. The van der Waals surface area contributed by atoms with E-state index >= 15 is 0 Å². The molecule has 0 aliphatic carbocycles. The van der Waals surface area contributed by atoms with E-state index < -0.39 is 0 Å². The second-order valence-corrected chi connectivity index (χ2v) is 5.64. The van der Waals surface area contributed by atoms with Gasteiger partial charge in [0.25, 0.3) is 5.56 Å². The Labute approximate surface area is 118 Å². The molecule has 2 aliphatic heterocycles. The molecule has 110 valence electrons. The first kappa shape index (κ1) is 13.4. The van der Waals surface area contributed by atoms with E-state index in [1.165, 1.54) is 32.7 Å². The first-order chi connectivity index (χ1) is 9.79. The Bertz CT molecular complexity index is 510. The van der Waals surface area contributed by atoms with Gasteiger partial charge in [-0.2, -0.15) is 0 Å². The smallest absolute Gasteiger partial charge is 0.295 e. The average molecular weight is 278 g/mol. The van der Waals surface area contributed by atoms with Crippen LogP contribution < -0.4 is 20.5 Å². The number of hydrogen-bond acceptors (Lipinski definition) is 5. The van der Waals surface area contributed by atoms with Crippen LogP contribution in [0.5, 0.6) is 5.75 Å². The second kappa shape index (κ2) is 5.83. The van der Waals surface area contributed by atoms with Crippen molar-refractivity contribution in [3.05, 3.63) is 16.7 Å². The molecule has 0 amide bonds. The van der Waals surface area contributed by atoms with Crippen LogP contribution in [0.15, 0.2) is 11.1 Å². The van der Waals surface area contributed by atoms with E-state index in [9.17, 15) is 4.79 Å². The number of methoxy groups -OCH3 is 1. The zero-order valence-corrected chi connectivity index (χ0v) is 11.9. The van der Waals surface area contributed by atoms with Gasteiger partial charge < -0.3 is 19.9 Å². The highest BCUT2D eigenvalue weighted by Crippen LogP contribution is 2.29. The van der Waals surface area contributed by atoms with Gasteiger partial charge in [0.2, 0.25) is 5.75 Å². The summed E-state index contributed by atoms with van der Waals surface area (Å²) in [6.07, 6.45) is 6.38. The minimum absolute atomic E-state index is 0.210. The number of aromatic nitrogens is 2. The Morgan fingerprint density at radius 2 is 2.30 bits per heavy atom.